The minimum atomic E-state index is -0.819. The van der Waals surface area contributed by atoms with E-state index in [1.807, 2.05) is 0 Å². The van der Waals surface area contributed by atoms with Crippen LogP contribution in [0.4, 0.5) is 10.5 Å². The molecule has 2 fully saturated rings. The Balaban J connectivity index is 1.50. The molecule has 9 nitrogen and oxygen atoms in total. The highest BCUT2D eigenvalue weighted by Gasteiger charge is 2.36. The zero-order chi connectivity index (χ0) is 24.2. The van der Waals surface area contributed by atoms with E-state index >= 15 is 0 Å². The minimum Gasteiger partial charge on any atom is -0.483 e. The van der Waals surface area contributed by atoms with E-state index in [1.165, 1.54) is 6.08 Å². The van der Waals surface area contributed by atoms with Gasteiger partial charge in [-0.25, -0.2) is 9.69 Å². The van der Waals surface area contributed by atoms with Crippen LogP contribution in [0.1, 0.15) is 5.56 Å². The third-order valence-corrected chi connectivity index (χ3v) is 6.26. The molecule has 0 aliphatic carbocycles. The van der Waals surface area contributed by atoms with E-state index in [0.29, 0.717) is 52.2 Å². The number of hydrogen-bond donors (Lipinski definition) is 1. The number of hydrogen-bond acceptors (Lipinski definition) is 6. The summed E-state index contributed by atoms with van der Waals surface area (Å²) in [6, 6.07) is 10.7. The molecule has 0 aromatic heterocycles. The molecule has 1 N–H and O–H groups in total. The summed E-state index contributed by atoms with van der Waals surface area (Å²) in [5, 5.41) is 2.19. The van der Waals surface area contributed by atoms with Crippen molar-refractivity contribution in [2.75, 3.05) is 37.8 Å². The van der Waals surface area contributed by atoms with Crippen LogP contribution < -0.4 is 15.0 Å². The van der Waals surface area contributed by atoms with Gasteiger partial charge in [0.1, 0.15) is 11.3 Å². The van der Waals surface area contributed by atoms with Gasteiger partial charge in [-0.05, 0) is 57.9 Å². The number of amides is 5. The van der Waals surface area contributed by atoms with Crippen LogP contribution >= 0.6 is 31.9 Å². The van der Waals surface area contributed by atoms with Crippen LogP contribution in [-0.4, -0.2) is 61.6 Å². The molecule has 11 heteroatoms. The van der Waals surface area contributed by atoms with Gasteiger partial charge >= 0.3 is 6.03 Å². The molecule has 2 saturated heterocycles. The molecule has 0 atom stereocenters. The van der Waals surface area contributed by atoms with Gasteiger partial charge < -0.3 is 14.4 Å². The molecule has 2 aromatic carbocycles. The van der Waals surface area contributed by atoms with Gasteiger partial charge in [0.05, 0.1) is 23.4 Å². The van der Waals surface area contributed by atoms with Crippen molar-refractivity contribution in [3.05, 3.63) is 62.5 Å². The van der Waals surface area contributed by atoms with Crippen molar-refractivity contribution in [2.45, 2.75) is 0 Å². The van der Waals surface area contributed by atoms with Crippen LogP contribution in [0.25, 0.3) is 6.08 Å². The fourth-order valence-electron chi connectivity index (χ4n) is 3.44. The van der Waals surface area contributed by atoms with Crippen LogP contribution in [0.2, 0.25) is 0 Å². The lowest BCUT2D eigenvalue weighted by molar-refractivity contribution is -0.137. The molecular weight excluding hydrogens is 574 g/mol. The standard InChI is InChI=1S/C23H19Br2N3O6/c24-15-2-1-3-16(12-15)28-22(31)17(21(30)26-23(28)32)10-14-4-5-19(18(25)11-14)34-13-20(29)27-6-8-33-9-7-27/h1-5,10-12H,6-9,13H2,(H,26,30,32)/b17-10+. The first-order chi connectivity index (χ1) is 16.3. The van der Waals surface area contributed by atoms with Gasteiger partial charge in [0.15, 0.2) is 6.61 Å². The lowest BCUT2D eigenvalue weighted by Gasteiger charge is -2.27. The summed E-state index contributed by atoms with van der Waals surface area (Å²) < 4.78 is 12.1. The molecule has 0 saturated carbocycles. The zero-order valence-electron chi connectivity index (χ0n) is 17.8. The van der Waals surface area contributed by atoms with E-state index < -0.39 is 17.8 Å². The van der Waals surface area contributed by atoms with E-state index in [0.717, 1.165) is 4.90 Å². The second-order valence-electron chi connectivity index (χ2n) is 7.41. The van der Waals surface area contributed by atoms with Gasteiger partial charge in [-0.1, -0.05) is 28.1 Å². The maximum atomic E-state index is 13.0. The molecular formula is C23H19Br2N3O6. The van der Waals surface area contributed by atoms with Crippen molar-refractivity contribution in [2.24, 2.45) is 0 Å². The summed E-state index contributed by atoms with van der Waals surface area (Å²) >= 11 is 6.71. The summed E-state index contributed by atoms with van der Waals surface area (Å²) in [6.45, 7) is 1.96. The smallest absolute Gasteiger partial charge is 0.335 e. The average molecular weight is 593 g/mol. The highest BCUT2D eigenvalue weighted by atomic mass is 79.9. The number of nitrogens with one attached hydrogen (secondary N) is 1. The van der Waals surface area contributed by atoms with Crippen molar-refractivity contribution in [1.82, 2.24) is 10.2 Å². The first-order valence-electron chi connectivity index (χ1n) is 10.3. The summed E-state index contributed by atoms with van der Waals surface area (Å²) in [5.41, 5.74) is 0.661. The molecule has 0 radical (unpaired) electrons. The highest BCUT2D eigenvalue weighted by molar-refractivity contribution is 9.10. The Morgan fingerprint density at radius 1 is 1.09 bits per heavy atom. The molecule has 34 heavy (non-hydrogen) atoms. The Bertz CT molecular complexity index is 1190. The van der Waals surface area contributed by atoms with E-state index in [-0.39, 0.29) is 18.1 Å². The second kappa shape index (κ2) is 10.5. The van der Waals surface area contributed by atoms with Crippen LogP contribution in [0.15, 0.2) is 57.0 Å². The van der Waals surface area contributed by atoms with E-state index in [1.54, 1.807) is 47.4 Å². The fraction of sp³-hybridized carbons (Fsp3) is 0.217. The number of nitrogens with zero attached hydrogens (tertiary/aromatic N) is 2. The number of morpholine rings is 1. The summed E-state index contributed by atoms with van der Waals surface area (Å²) in [7, 11) is 0. The Morgan fingerprint density at radius 3 is 2.56 bits per heavy atom. The first-order valence-corrected chi connectivity index (χ1v) is 11.9. The normalized spacial score (nSPS) is 17.7. The molecule has 2 aliphatic heterocycles. The third kappa shape index (κ3) is 5.37. The van der Waals surface area contributed by atoms with Crippen LogP contribution in [-0.2, 0) is 19.1 Å². The van der Waals surface area contributed by atoms with E-state index in [4.69, 9.17) is 9.47 Å². The average Bonchev–Trinajstić information content (AvgIpc) is 2.81. The van der Waals surface area contributed by atoms with Gasteiger partial charge in [-0.15, -0.1) is 0 Å². The molecule has 2 aliphatic rings. The van der Waals surface area contributed by atoms with Crippen LogP contribution in [0, 0.1) is 0 Å². The minimum absolute atomic E-state index is 0.121. The van der Waals surface area contributed by atoms with Gasteiger partial charge in [-0.3, -0.25) is 19.7 Å². The molecule has 0 spiro atoms. The van der Waals surface area contributed by atoms with E-state index in [9.17, 15) is 19.2 Å². The van der Waals surface area contributed by atoms with Crippen molar-refractivity contribution in [1.29, 1.82) is 0 Å². The molecule has 2 heterocycles. The van der Waals surface area contributed by atoms with Crippen molar-refractivity contribution >= 4 is 67.4 Å². The fourth-order valence-corrected chi connectivity index (χ4v) is 4.34. The summed E-state index contributed by atoms with van der Waals surface area (Å²) in [6.07, 6.45) is 1.39. The van der Waals surface area contributed by atoms with Gasteiger partial charge in [-0.2, -0.15) is 0 Å². The van der Waals surface area contributed by atoms with Gasteiger partial charge in [0, 0.05) is 17.6 Å². The lowest BCUT2D eigenvalue weighted by Crippen LogP contribution is -2.54. The molecule has 4 rings (SSSR count). The van der Waals surface area contributed by atoms with Crippen molar-refractivity contribution in [3.63, 3.8) is 0 Å². The second-order valence-corrected chi connectivity index (χ2v) is 9.18. The molecule has 2 aromatic rings. The molecule has 0 unspecified atom stereocenters. The maximum absolute atomic E-state index is 13.0. The van der Waals surface area contributed by atoms with Crippen molar-refractivity contribution < 1.29 is 28.7 Å². The number of urea groups is 1. The Morgan fingerprint density at radius 2 is 1.85 bits per heavy atom. The number of benzene rings is 2. The maximum Gasteiger partial charge on any atom is 0.335 e. The van der Waals surface area contributed by atoms with E-state index in [2.05, 4.69) is 37.2 Å². The van der Waals surface area contributed by atoms with Gasteiger partial charge in [0.2, 0.25) is 0 Å². The monoisotopic (exact) mass is 591 g/mol. The molecule has 5 amide bonds. The van der Waals surface area contributed by atoms with Gasteiger partial charge in [0.25, 0.3) is 17.7 Å². The number of carbonyl (C=O) groups is 4. The number of carbonyl (C=O) groups excluding carboxylic acids is 4. The Kier molecular flexibility index (Phi) is 7.44. The molecule has 176 valence electrons. The van der Waals surface area contributed by atoms with Crippen LogP contribution in [0.3, 0.4) is 0 Å². The first kappa shape index (κ1) is 24.1. The Labute approximate surface area is 211 Å². The summed E-state index contributed by atoms with van der Waals surface area (Å²) in [5.74, 6) is -1.22. The predicted octanol–water partition coefficient (Wildman–Crippen LogP) is 3.12. The predicted molar refractivity (Wildman–Crippen MR) is 130 cm³/mol. The summed E-state index contributed by atoms with van der Waals surface area (Å²) in [4.78, 5) is 52.6. The largest absolute Gasteiger partial charge is 0.483 e. The Hall–Kier alpha value is -3.02. The third-order valence-electron chi connectivity index (χ3n) is 5.15. The highest BCUT2D eigenvalue weighted by Crippen LogP contribution is 2.29. The quantitative estimate of drug-likeness (QED) is 0.422. The number of anilines is 1. The number of rotatable bonds is 5. The zero-order valence-corrected chi connectivity index (χ0v) is 20.9. The van der Waals surface area contributed by atoms with Crippen LogP contribution in [0.5, 0.6) is 5.75 Å². The molecule has 0 bridgehead atoms. The topological polar surface area (TPSA) is 105 Å². The number of imide groups is 2. The van der Waals surface area contributed by atoms with Crippen molar-refractivity contribution in [3.8, 4) is 5.75 Å². The lowest BCUT2D eigenvalue weighted by atomic mass is 10.1. The number of barbiturate groups is 1. The number of ether oxygens (including phenoxy) is 2. The SMILES string of the molecule is O=C1NC(=O)N(c2cccc(Br)c2)C(=O)/C1=C/c1ccc(OCC(=O)N2CCOCC2)c(Br)c1. The number of halogens is 2.